The van der Waals surface area contributed by atoms with Crippen molar-refractivity contribution in [3.8, 4) is 5.88 Å². The van der Waals surface area contributed by atoms with Crippen molar-refractivity contribution in [2.75, 3.05) is 19.8 Å². The van der Waals surface area contributed by atoms with Gasteiger partial charge >= 0.3 is 0 Å². The van der Waals surface area contributed by atoms with E-state index in [1.807, 2.05) is 0 Å². The van der Waals surface area contributed by atoms with E-state index >= 15 is 0 Å². The Morgan fingerprint density at radius 2 is 2.15 bits per heavy atom. The maximum absolute atomic E-state index is 10.8. The van der Waals surface area contributed by atoms with Crippen LogP contribution >= 0.6 is 0 Å². The number of fused-ring (bicyclic) bond motifs is 1. The molecule has 0 aromatic carbocycles. The van der Waals surface area contributed by atoms with Crippen molar-refractivity contribution >= 4 is 16.9 Å². The maximum atomic E-state index is 10.8. The fourth-order valence-electron chi connectivity index (χ4n) is 3.60. The maximum Gasteiger partial charge on any atom is 0.226 e. The van der Waals surface area contributed by atoms with Gasteiger partial charge in [0.1, 0.15) is 12.0 Å². The normalized spacial score (nSPS) is 21.8. The first-order chi connectivity index (χ1) is 13.2. The van der Waals surface area contributed by atoms with Crippen molar-refractivity contribution < 1.29 is 14.3 Å². The Labute approximate surface area is 159 Å². The van der Waals surface area contributed by atoms with Crippen LogP contribution < -0.4 is 10.1 Å². The minimum absolute atomic E-state index is 0.0176. The molecule has 146 valence electrons. The molecule has 0 unspecified atom stereocenters. The van der Waals surface area contributed by atoms with Crippen molar-refractivity contribution in [1.29, 1.82) is 0 Å². The van der Waals surface area contributed by atoms with E-state index in [1.165, 1.54) is 26.2 Å². The number of rotatable bonds is 10. The van der Waals surface area contributed by atoms with Crippen LogP contribution in [0.4, 0.5) is 0 Å². The molecule has 4 rings (SSSR count). The van der Waals surface area contributed by atoms with Gasteiger partial charge in [-0.1, -0.05) is 12.8 Å². The van der Waals surface area contributed by atoms with E-state index in [4.69, 9.17) is 9.47 Å². The summed E-state index contributed by atoms with van der Waals surface area (Å²) in [5.74, 6) is 2.07. The van der Waals surface area contributed by atoms with Gasteiger partial charge in [-0.05, 0) is 37.2 Å². The quantitative estimate of drug-likeness (QED) is 0.649. The monoisotopic (exact) mass is 372 g/mol. The van der Waals surface area contributed by atoms with Crippen LogP contribution in [0, 0.1) is 11.8 Å². The molecule has 2 saturated carbocycles. The highest BCUT2D eigenvalue weighted by molar-refractivity contribution is 5.81. The van der Waals surface area contributed by atoms with E-state index in [0.29, 0.717) is 31.6 Å². The number of carbonyl (C=O) groups is 1. The lowest BCUT2D eigenvalue weighted by Crippen LogP contribution is -2.37. The average molecular weight is 372 g/mol. The Hall–Kier alpha value is -2.15. The molecule has 0 aliphatic heterocycles. The number of aryl methyl sites for hydroxylation is 1. The smallest absolute Gasteiger partial charge is 0.226 e. The zero-order chi connectivity index (χ0) is 18.6. The number of hydrogen-bond acceptors (Lipinski definition) is 5. The van der Waals surface area contributed by atoms with Gasteiger partial charge in [-0.15, -0.1) is 0 Å². The number of nitrogens with zero attached hydrogens (tertiary/aromatic N) is 3. The van der Waals surface area contributed by atoms with Gasteiger partial charge < -0.3 is 19.4 Å². The van der Waals surface area contributed by atoms with E-state index in [1.54, 1.807) is 6.33 Å². The van der Waals surface area contributed by atoms with Crippen LogP contribution in [-0.4, -0.2) is 46.3 Å². The second kappa shape index (κ2) is 8.25. The molecule has 7 heteroatoms. The van der Waals surface area contributed by atoms with Crippen LogP contribution in [0.3, 0.4) is 0 Å². The highest BCUT2D eigenvalue weighted by Gasteiger charge is 2.30. The molecule has 0 bridgehead atoms. The first-order valence-corrected chi connectivity index (χ1v) is 9.97. The molecule has 27 heavy (non-hydrogen) atoms. The molecule has 0 saturated heterocycles. The van der Waals surface area contributed by atoms with Gasteiger partial charge in [-0.2, -0.15) is 0 Å². The van der Waals surface area contributed by atoms with E-state index < -0.39 is 0 Å². The molecular formula is C20H28N4O3. The molecule has 2 aromatic heterocycles. The lowest BCUT2D eigenvalue weighted by atomic mass is 9.83. The molecule has 1 N–H and O–H groups in total. The molecule has 0 atom stereocenters. The molecule has 0 spiro atoms. The van der Waals surface area contributed by atoms with Crippen LogP contribution in [0.5, 0.6) is 5.88 Å². The number of ether oxygens (including phenoxy) is 2. The standard InChI is InChI=1S/C20H28N4O3/c1-14(25)21-6-9-26-17-10-16(11-17)12-27-20-18-5-8-24(7-4-15-2-3-15)19(18)22-13-23-20/h5,8,13,15-17H,2-4,6-7,9-12H2,1H3,(H,21,25). The summed E-state index contributed by atoms with van der Waals surface area (Å²) in [5.41, 5.74) is 0.966. The SMILES string of the molecule is CC(=O)NCCOC1CC(COc2ncnc3c2ccn3CCC2CC2)C1. The summed E-state index contributed by atoms with van der Waals surface area (Å²) in [6.45, 7) is 4.33. The van der Waals surface area contributed by atoms with Gasteiger partial charge in [0.25, 0.3) is 0 Å². The molecule has 0 radical (unpaired) electrons. The average Bonchev–Trinajstić information content (AvgIpc) is 3.36. The van der Waals surface area contributed by atoms with Gasteiger partial charge in [0, 0.05) is 26.2 Å². The van der Waals surface area contributed by atoms with Gasteiger partial charge in [0.15, 0.2) is 0 Å². The van der Waals surface area contributed by atoms with Crippen LogP contribution in [-0.2, 0) is 16.1 Å². The number of aromatic nitrogens is 3. The summed E-state index contributed by atoms with van der Waals surface area (Å²) >= 11 is 0. The first-order valence-electron chi connectivity index (χ1n) is 9.97. The Morgan fingerprint density at radius 3 is 2.93 bits per heavy atom. The summed E-state index contributed by atoms with van der Waals surface area (Å²) in [6.07, 6.45) is 9.95. The zero-order valence-corrected chi connectivity index (χ0v) is 15.9. The highest BCUT2D eigenvalue weighted by Crippen LogP contribution is 2.34. The Balaban J connectivity index is 1.22. The summed E-state index contributed by atoms with van der Waals surface area (Å²) < 4.78 is 14.0. The number of carbonyl (C=O) groups excluding carboxylic acids is 1. The van der Waals surface area contributed by atoms with Crippen molar-refractivity contribution in [1.82, 2.24) is 19.9 Å². The lowest BCUT2D eigenvalue weighted by molar-refractivity contribution is -0.119. The largest absolute Gasteiger partial charge is 0.477 e. The second-order valence-electron chi connectivity index (χ2n) is 7.78. The minimum Gasteiger partial charge on any atom is -0.477 e. The summed E-state index contributed by atoms with van der Waals surface area (Å²) in [7, 11) is 0. The van der Waals surface area contributed by atoms with Crippen molar-refractivity contribution in [3.63, 3.8) is 0 Å². The third kappa shape index (κ3) is 4.77. The van der Waals surface area contributed by atoms with E-state index in [0.717, 1.165) is 36.3 Å². The molecule has 2 fully saturated rings. The summed E-state index contributed by atoms with van der Waals surface area (Å²) in [6, 6.07) is 2.06. The number of amides is 1. The lowest BCUT2D eigenvalue weighted by Gasteiger charge is -2.34. The summed E-state index contributed by atoms with van der Waals surface area (Å²) in [5, 5.41) is 3.74. The molecule has 2 heterocycles. The zero-order valence-electron chi connectivity index (χ0n) is 15.9. The van der Waals surface area contributed by atoms with Crippen LogP contribution in [0.2, 0.25) is 0 Å². The molecular weight excluding hydrogens is 344 g/mol. The van der Waals surface area contributed by atoms with Crippen LogP contribution in [0.25, 0.3) is 11.0 Å². The number of nitrogens with one attached hydrogen (secondary N) is 1. The molecule has 2 aliphatic carbocycles. The first kappa shape index (κ1) is 18.2. The second-order valence-corrected chi connectivity index (χ2v) is 7.78. The fourth-order valence-corrected chi connectivity index (χ4v) is 3.60. The van der Waals surface area contributed by atoms with Crippen LogP contribution in [0.1, 0.15) is 39.0 Å². The topological polar surface area (TPSA) is 78.3 Å². The number of hydrogen-bond donors (Lipinski definition) is 1. The minimum atomic E-state index is -0.0176. The van der Waals surface area contributed by atoms with E-state index in [9.17, 15) is 4.79 Å². The predicted octanol–water partition coefficient (Wildman–Crippen LogP) is 2.54. The third-order valence-corrected chi connectivity index (χ3v) is 5.47. The Kier molecular flexibility index (Phi) is 5.57. The molecule has 2 aliphatic rings. The van der Waals surface area contributed by atoms with E-state index in [2.05, 4.69) is 32.1 Å². The van der Waals surface area contributed by atoms with Crippen LogP contribution in [0.15, 0.2) is 18.6 Å². The van der Waals surface area contributed by atoms with Crippen molar-refractivity contribution in [2.24, 2.45) is 11.8 Å². The molecule has 2 aromatic rings. The Morgan fingerprint density at radius 1 is 1.30 bits per heavy atom. The van der Waals surface area contributed by atoms with E-state index in [-0.39, 0.29) is 12.0 Å². The van der Waals surface area contributed by atoms with Gasteiger partial charge in [-0.25, -0.2) is 9.97 Å². The molecule has 7 nitrogen and oxygen atoms in total. The van der Waals surface area contributed by atoms with Gasteiger partial charge in [0.2, 0.25) is 11.8 Å². The third-order valence-electron chi connectivity index (χ3n) is 5.47. The molecule has 1 amide bonds. The van der Waals surface area contributed by atoms with Crippen molar-refractivity contribution in [3.05, 3.63) is 18.6 Å². The summed E-state index contributed by atoms with van der Waals surface area (Å²) in [4.78, 5) is 19.6. The Bertz CT molecular complexity index is 781. The predicted molar refractivity (Wildman–Crippen MR) is 102 cm³/mol. The fraction of sp³-hybridized carbons (Fsp3) is 0.650. The van der Waals surface area contributed by atoms with Gasteiger partial charge in [0.05, 0.1) is 24.7 Å². The highest BCUT2D eigenvalue weighted by atomic mass is 16.5. The van der Waals surface area contributed by atoms with Crippen molar-refractivity contribution in [2.45, 2.75) is 51.7 Å². The van der Waals surface area contributed by atoms with Gasteiger partial charge in [-0.3, -0.25) is 4.79 Å².